The van der Waals surface area contributed by atoms with Crippen LogP contribution in [0.15, 0.2) is 69.5 Å². The first-order valence-electron chi connectivity index (χ1n) is 8.55. The normalized spacial score (nSPS) is 20.9. The fraction of sp³-hybridized carbons (Fsp3) is 0.316. The van der Waals surface area contributed by atoms with Crippen molar-refractivity contribution in [3.63, 3.8) is 0 Å². The number of allylic oxidation sites excluding steroid dienone is 4. The number of hydrazine groups is 1. The summed E-state index contributed by atoms with van der Waals surface area (Å²) in [6.45, 7) is 2.09. The number of amides is 1. The Morgan fingerprint density at radius 3 is 2.77 bits per heavy atom. The molecule has 1 aromatic carbocycles. The largest absolute Gasteiger partial charge is 0.280 e. The quantitative estimate of drug-likeness (QED) is 0.531. The predicted octanol–water partition coefficient (Wildman–Crippen LogP) is 4.64. The van der Waals surface area contributed by atoms with Gasteiger partial charge in [0, 0.05) is 11.3 Å². The molecule has 1 unspecified atom stereocenters. The molecule has 5 nitrogen and oxygen atoms in total. The number of rotatable bonds is 6. The second kappa shape index (κ2) is 8.45. The fourth-order valence-corrected chi connectivity index (χ4v) is 4.88. The van der Waals surface area contributed by atoms with Crippen molar-refractivity contribution in [2.45, 2.75) is 31.1 Å². The molecule has 1 heterocycles. The van der Waals surface area contributed by atoms with Crippen molar-refractivity contribution in [1.29, 1.82) is 0 Å². The van der Waals surface area contributed by atoms with Crippen molar-refractivity contribution < 1.29 is 13.9 Å². The van der Waals surface area contributed by atoms with E-state index in [-0.39, 0.29) is 11.8 Å². The maximum absolute atomic E-state index is 12.5. The number of hydrogen-bond donors (Lipinski definition) is 4. The van der Waals surface area contributed by atoms with Gasteiger partial charge in [0.25, 0.3) is 5.91 Å². The summed E-state index contributed by atoms with van der Waals surface area (Å²) in [4.78, 5) is 15.2. The van der Waals surface area contributed by atoms with Crippen LogP contribution in [0.5, 0.6) is 0 Å². The van der Waals surface area contributed by atoms with Crippen molar-refractivity contribution in [3.8, 4) is 0 Å². The lowest BCUT2D eigenvalue weighted by atomic mass is 9.88. The zero-order valence-electron chi connectivity index (χ0n) is 14.6. The lowest BCUT2D eigenvalue weighted by Gasteiger charge is -2.33. The van der Waals surface area contributed by atoms with Crippen LogP contribution in [-0.4, -0.2) is 20.8 Å². The van der Waals surface area contributed by atoms with Crippen LogP contribution < -0.4 is 10.3 Å². The van der Waals surface area contributed by atoms with Crippen LogP contribution in [0.4, 0.5) is 0 Å². The van der Waals surface area contributed by atoms with Gasteiger partial charge in [-0.2, -0.15) is 0 Å². The summed E-state index contributed by atoms with van der Waals surface area (Å²) < 4.78 is 20.4. The molecule has 2 aliphatic rings. The summed E-state index contributed by atoms with van der Waals surface area (Å²) in [5.74, 6) is 1.09. The van der Waals surface area contributed by atoms with Crippen LogP contribution in [0.3, 0.4) is 0 Å². The van der Waals surface area contributed by atoms with Crippen LogP contribution >= 0.6 is 22.5 Å². The Balaban J connectivity index is 1.63. The van der Waals surface area contributed by atoms with E-state index in [0.29, 0.717) is 16.9 Å². The summed E-state index contributed by atoms with van der Waals surface area (Å²) in [5, 5.41) is 2.21. The number of carbonyl (C=O) groups is 1. The molecule has 140 valence electrons. The molecular formula is C19H24N2O3S2. The van der Waals surface area contributed by atoms with Gasteiger partial charge in [-0.15, -0.1) is 16.6 Å². The lowest BCUT2D eigenvalue weighted by molar-refractivity contribution is -0.118. The summed E-state index contributed by atoms with van der Waals surface area (Å²) in [6.07, 6.45) is 6.75. The standard InChI is InChI=1S/C19H24N2O3S2/c1-14-9-16(11-15-7-8-25-13-15)12-17(10-14)19(22)20-21-26(23,24)18-5-3-2-4-6-18/h2-6,9,12-14,21,23-24H,7-8,10-11H2,1H3,(H,20,22). The smallest absolute Gasteiger partial charge is 0.262 e. The minimum absolute atomic E-state index is 0.278. The van der Waals surface area contributed by atoms with Gasteiger partial charge in [-0.1, -0.05) is 53.6 Å². The highest BCUT2D eigenvalue weighted by atomic mass is 32.3. The average Bonchev–Trinajstić information content (AvgIpc) is 3.13. The van der Waals surface area contributed by atoms with Gasteiger partial charge < -0.3 is 0 Å². The maximum atomic E-state index is 12.5. The molecule has 0 radical (unpaired) electrons. The topological polar surface area (TPSA) is 81.6 Å². The summed E-state index contributed by atoms with van der Waals surface area (Å²) in [6, 6.07) is 8.42. The van der Waals surface area contributed by atoms with Crippen molar-refractivity contribution in [3.05, 3.63) is 64.6 Å². The van der Waals surface area contributed by atoms with E-state index in [0.717, 1.165) is 24.2 Å². The molecule has 1 aliphatic heterocycles. The molecule has 3 rings (SSSR count). The Morgan fingerprint density at radius 1 is 1.31 bits per heavy atom. The molecule has 0 spiro atoms. The van der Waals surface area contributed by atoms with Crippen molar-refractivity contribution in [2.24, 2.45) is 5.92 Å². The number of nitrogens with one attached hydrogen (secondary N) is 2. The number of hydrogen-bond acceptors (Lipinski definition) is 5. The van der Waals surface area contributed by atoms with E-state index in [1.807, 2.05) is 17.8 Å². The molecule has 1 aromatic rings. The van der Waals surface area contributed by atoms with E-state index in [4.69, 9.17) is 0 Å². The van der Waals surface area contributed by atoms with Crippen molar-refractivity contribution in [1.82, 2.24) is 10.3 Å². The molecule has 1 amide bonds. The molecule has 26 heavy (non-hydrogen) atoms. The Bertz CT molecular complexity index is 757. The highest BCUT2D eigenvalue weighted by Gasteiger charge is 2.21. The van der Waals surface area contributed by atoms with Crippen molar-refractivity contribution in [2.75, 3.05) is 5.75 Å². The Labute approximate surface area is 160 Å². The maximum Gasteiger partial charge on any atom is 0.262 e. The van der Waals surface area contributed by atoms with Gasteiger partial charge >= 0.3 is 0 Å². The molecule has 7 heteroatoms. The molecular weight excluding hydrogens is 368 g/mol. The molecule has 0 fully saturated rings. The Morgan fingerprint density at radius 2 is 2.08 bits per heavy atom. The SMILES string of the molecule is CC1C=C(CC2=CSCC2)C=C(C(=O)NNS(O)(O)c2ccccc2)C1. The van der Waals surface area contributed by atoms with Crippen molar-refractivity contribution >= 4 is 28.4 Å². The molecule has 4 N–H and O–H groups in total. The van der Waals surface area contributed by atoms with Gasteiger partial charge in [-0.25, -0.2) is 0 Å². The highest BCUT2D eigenvalue weighted by molar-refractivity contribution is 8.22. The lowest BCUT2D eigenvalue weighted by Crippen LogP contribution is -2.40. The molecule has 1 atom stereocenters. The molecule has 0 aromatic heterocycles. The van der Waals surface area contributed by atoms with Gasteiger partial charge in [0.1, 0.15) is 0 Å². The number of benzene rings is 1. The Kier molecular flexibility index (Phi) is 6.26. The third-order valence-electron chi connectivity index (χ3n) is 4.29. The van der Waals surface area contributed by atoms with Gasteiger partial charge in [0.15, 0.2) is 0 Å². The molecule has 0 saturated heterocycles. The fourth-order valence-electron chi connectivity index (χ4n) is 3.06. The van der Waals surface area contributed by atoms with Gasteiger partial charge in [0.05, 0.1) is 4.90 Å². The van der Waals surface area contributed by atoms with E-state index < -0.39 is 10.8 Å². The van der Waals surface area contributed by atoms with Crippen LogP contribution in [0.1, 0.15) is 26.2 Å². The molecule has 1 aliphatic carbocycles. The number of thioether (sulfide) groups is 1. The van der Waals surface area contributed by atoms with Crippen LogP contribution in [0.25, 0.3) is 0 Å². The van der Waals surface area contributed by atoms with E-state index in [1.165, 1.54) is 5.57 Å². The van der Waals surface area contributed by atoms with Crippen LogP contribution in [-0.2, 0) is 4.79 Å². The monoisotopic (exact) mass is 392 g/mol. The third-order valence-corrected chi connectivity index (χ3v) is 6.55. The second-order valence-corrected chi connectivity index (χ2v) is 9.33. The van der Waals surface area contributed by atoms with Crippen LogP contribution in [0.2, 0.25) is 0 Å². The van der Waals surface area contributed by atoms with Gasteiger partial charge in [-0.3, -0.25) is 19.3 Å². The third kappa shape index (κ3) is 5.02. The first-order valence-corrected chi connectivity index (χ1v) is 11.1. The predicted molar refractivity (Wildman–Crippen MR) is 109 cm³/mol. The molecule has 0 bridgehead atoms. The first kappa shape index (κ1) is 19.3. The molecule has 0 saturated carbocycles. The van der Waals surface area contributed by atoms with Gasteiger partial charge in [-0.05, 0) is 48.3 Å². The zero-order valence-corrected chi connectivity index (χ0v) is 16.3. The average molecular weight is 393 g/mol. The number of carbonyl (C=O) groups excluding carboxylic acids is 1. The highest BCUT2D eigenvalue weighted by Crippen LogP contribution is 2.42. The van der Waals surface area contributed by atoms with E-state index in [9.17, 15) is 13.9 Å². The van der Waals surface area contributed by atoms with E-state index >= 15 is 0 Å². The van der Waals surface area contributed by atoms with Crippen LogP contribution in [0, 0.1) is 5.92 Å². The summed E-state index contributed by atoms with van der Waals surface area (Å²) in [5.41, 5.74) is 5.67. The second-order valence-electron chi connectivity index (χ2n) is 6.58. The van der Waals surface area contributed by atoms with Gasteiger partial charge in [0.2, 0.25) is 0 Å². The first-order chi connectivity index (χ1) is 12.4. The minimum Gasteiger partial charge on any atom is -0.280 e. The summed E-state index contributed by atoms with van der Waals surface area (Å²) >= 11 is 1.84. The van der Waals surface area contributed by atoms with E-state index in [1.54, 1.807) is 30.3 Å². The summed E-state index contributed by atoms with van der Waals surface area (Å²) in [7, 11) is -3.28. The minimum atomic E-state index is -3.28. The zero-order chi connectivity index (χ0) is 18.6. The Hall–Kier alpha value is -1.51. The van der Waals surface area contributed by atoms with E-state index in [2.05, 4.69) is 28.7 Å².